The molecule has 4 nitrogen and oxygen atoms in total. The van der Waals surface area contributed by atoms with Crippen molar-refractivity contribution in [3.05, 3.63) is 64.3 Å². The average molecular weight is 418 g/mol. The Hall–Kier alpha value is -2.38. The van der Waals surface area contributed by atoms with E-state index in [1.165, 1.54) is 23.9 Å². The van der Waals surface area contributed by atoms with Crippen LogP contribution in [0.4, 0.5) is 4.39 Å². The quantitative estimate of drug-likeness (QED) is 0.467. The van der Waals surface area contributed by atoms with Crippen molar-refractivity contribution in [3.63, 3.8) is 0 Å². The fraction of sp³-hybridized carbons (Fsp3) is 0.238. The zero-order valence-corrected chi connectivity index (χ0v) is 17.2. The van der Waals surface area contributed by atoms with Gasteiger partial charge in [0.25, 0.3) is 5.91 Å². The molecule has 28 heavy (non-hydrogen) atoms. The minimum Gasteiger partial charge on any atom is -0.490 e. The summed E-state index contributed by atoms with van der Waals surface area (Å²) in [5.74, 6) is 0.746. The van der Waals surface area contributed by atoms with E-state index in [2.05, 4.69) is 0 Å². The summed E-state index contributed by atoms with van der Waals surface area (Å²) in [6, 6.07) is 11.7. The van der Waals surface area contributed by atoms with Crippen molar-refractivity contribution in [1.29, 1.82) is 0 Å². The molecule has 2 aromatic rings. The maximum Gasteiger partial charge on any atom is 0.266 e. The molecule has 0 atom stereocenters. The van der Waals surface area contributed by atoms with Crippen LogP contribution in [0.1, 0.15) is 25.0 Å². The van der Waals surface area contributed by atoms with E-state index in [1.54, 1.807) is 29.2 Å². The molecule has 3 rings (SSSR count). The van der Waals surface area contributed by atoms with Crippen molar-refractivity contribution in [2.75, 3.05) is 13.2 Å². The summed E-state index contributed by atoms with van der Waals surface area (Å²) in [4.78, 5) is 14.5. The highest BCUT2D eigenvalue weighted by molar-refractivity contribution is 8.26. The molecule has 1 fully saturated rings. The van der Waals surface area contributed by atoms with Gasteiger partial charge in [-0.2, -0.15) is 0 Å². The lowest BCUT2D eigenvalue weighted by atomic mass is 10.1. The highest BCUT2D eigenvalue weighted by atomic mass is 32.2. The smallest absolute Gasteiger partial charge is 0.266 e. The van der Waals surface area contributed by atoms with Gasteiger partial charge < -0.3 is 9.47 Å². The molecule has 1 heterocycles. The largest absolute Gasteiger partial charge is 0.490 e. The average Bonchev–Trinajstić information content (AvgIpc) is 2.94. The lowest BCUT2D eigenvalue weighted by molar-refractivity contribution is -0.121. The van der Waals surface area contributed by atoms with Crippen molar-refractivity contribution in [2.24, 2.45) is 0 Å². The van der Waals surface area contributed by atoms with E-state index in [9.17, 15) is 9.18 Å². The maximum atomic E-state index is 13.3. The van der Waals surface area contributed by atoms with Gasteiger partial charge in [0.1, 0.15) is 16.7 Å². The van der Waals surface area contributed by atoms with Gasteiger partial charge in [0, 0.05) is 6.54 Å². The van der Waals surface area contributed by atoms with Crippen LogP contribution in [0.5, 0.6) is 11.5 Å². The number of rotatable bonds is 7. The summed E-state index contributed by atoms with van der Waals surface area (Å²) in [7, 11) is 0. The first-order chi connectivity index (χ1) is 13.5. The zero-order chi connectivity index (χ0) is 20.1. The van der Waals surface area contributed by atoms with E-state index in [4.69, 9.17) is 21.7 Å². The lowest BCUT2D eigenvalue weighted by Crippen LogP contribution is -2.27. The van der Waals surface area contributed by atoms with Gasteiger partial charge in [0.15, 0.2) is 11.5 Å². The number of benzene rings is 2. The summed E-state index contributed by atoms with van der Waals surface area (Å²) in [5.41, 5.74) is 1.55. The van der Waals surface area contributed by atoms with E-state index < -0.39 is 0 Å². The molecule has 1 aliphatic heterocycles. The number of halogens is 1. The van der Waals surface area contributed by atoms with Gasteiger partial charge >= 0.3 is 0 Å². The molecule has 0 saturated carbocycles. The van der Waals surface area contributed by atoms with Gasteiger partial charge in [0.05, 0.1) is 11.5 Å². The minimum absolute atomic E-state index is 0.0816. The molecule has 7 heteroatoms. The number of hydrogen-bond acceptors (Lipinski definition) is 5. The minimum atomic E-state index is -0.300. The number of likely N-dealkylation sites (N-methyl/N-ethyl adjacent to an activating group) is 1. The number of amides is 1. The van der Waals surface area contributed by atoms with Crippen LogP contribution < -0.4 is 9.47 Å². The third-order valence-electron chi connectivity index (χ3n) is 4.04. The molecule has 2 aromatic carbocycles. The molecule has 0 aromatic heterocycles. The van der Waals surface area contributed by atoms with Gasteiger partial charge in [-0.1, -0.05) is 42.2 Å². The SMILES string of the molecule is CCOc1cc(/C=C2\SC(=S)N(CC)C2=O)ccc1OCc1cccc(F)c1. The van der Waals surface area contributed by atoms with Crippen molar-refractivity contribution in [3.8, 4) is 11.5 Å². The molecule has 1 aliphatic rings. The van der Waals surface area contributed by atoms with E-state index in [-0.39, 0.29) is 18.3 Å². The summed E-state index contributed by atoms with van der Waals surface area (Å²) in [6.07, 6.45) is 1.80. The highest BCUT2D eigenvalue weighted by Gasteiger charge is 2.30. The Morgan fingerprint density at radius 1 is 1.14 bits per heavy atom. The normalized spacial score (nSPS) is 15.4. The molecule has 0 aliphatic carbocycles. The second-order valence-corrected chi connectivity index (χ2v) is 7.66. The van der Waals surface area contributed by atoms with Crippen molar-refractivity contribution < 1.29 is 18.7 Å². The fourth-order valence-electron chi connectivity index (χ4n) is 2.71. The third kappa shape index (κ3) is 4.72. The Balaban J connectivity index is 1.80. The number of thiocarbonyl (C=S) groups is 1. The molecular formula is C21H20FNO3S2. The maximum absolute atomic E-state index is 13.3. The highest BCUT2D eigenvalue weighted by Crippen LogP contribution is 2.35. The molecule has 0 unspecified atom stereocenters. The molecule has 0 N–H and O–H groups in total. The molecular weight excluding hydrogens is 397 g/mol. The lowest BCUT2D eigenvalue weighted by Gasteiger charge is -2.13. The Labute approximate surface area is 173 Å². The van der Waals surface area contributed by atoms with Crippen LogP contribution in [-0.4, -0.2) is 28.3 Å². The van der Waals surface area contributed by atoms with Crippen molar-refractivity contribution >= 4 is 40.3 Å². The van der Waals surface area contributed by atoms with Gasteiger partial charge in [-0.25, -0.2) is 4.39 Å². The summed E-state index contributed by atoms with van der Waals surface area (Å²) in [5, 5.41) is 0. The van der Waals surface area contributed by atoms with Gasteiger partial charge in [-0.15, -0.1) is 0 Å². The van der Waals surface area contributed by atoms with E-state index in [1.807, 2.05) is 26.0 Å². The van der Waals surface area contributed by atoms with Gasteiger partial charge in [-0.3, -0.25) is 9.69 Å². The Morgan fingerprint density at radius 3 is 2.64 bits per heavy atom. The van der Waals surface area contributed by atoms with Crippen LogP contribution in [-0.2, 0) is 11.4 Å². The number of carbonyl (C=O) groups is 1. The number of ether oxygens (including phenoxy) is 2. The summed E-state index contributed by atoms with van der Waals surface area (Å²) >= 11 is 6.54. The predicted molar refractivity (Wildman–Crippen MR) is 114 cm³/mol. The van der Waals surface area contributed by atoms with Crippen LogP contribution in [0.2, 0.25) is 0 Å². The first-order valence-corrected chi connectivity index (χ1v) is 10.1. The van der Waals surface area contributed by atoms with E-state index in [0.29, 0.717) is 33.9 Å². The number of nitrogens with zero attached hydrogens (tertiary/aromatic N) is 1. The second-order valence-electron chi connectivity index (χ2n) is 5.98. The molecule has 0 bridgehead atoms. The van der Waals surface area contributed by atoms with Crippen molar-refractivity contribution in [1.82, 2.24) is 4.90 Å². The summed E-state index contributed by atoms with van der Waals surface area (Å²) in [6.45, 7) is 5.03. The first kappa shape index (κ1) is 20.4. The van der Waals surface area contributed by atoms with Crippen LogP contribution in [0.3, 0.4) is 0 Å². The zero-order valence-electron chi connectivity index (χ0n) is 15.6. The Morgan fingerprint density at radius 2 is 1.96 bits per heavy atom. The van der Waals surface area contributed by atoms with Crippen LogP contribution in [0.15, 0.2) is 47.4 Å². The first-order valence-electron chi connectivity index (χ1n) is 8.91. The van der Waals surface area contributed by atoms with E-state index in [0.717, 1.165) is 11.1 Å². The topological polar surface area (TPSA) is 38.8 Å². The molecule has 0 spiro atoms. The Bertz CT molecular complexity index is 930. The summed E-state index contributed by atoms with van der Waals surface area (Å²) < 4.78 is 25.4. The van der Waals surface area contributed by atoms with Crippen LogP contribution in [0.25, 0.3) is 6.08 Å². The molecule has 1 saturated heterocycles. The molecule has 1 amide bonds. The second kappa shape index (κ2) is 9.21. The van der Waals surface area contributed by atoms with Gasteiger partial charge in [-0.05, 0) is 55.3 Å². The van der Waals surface area contributed by atoms with Crippen molar-refractivity contribution in [2.45, 2.75) is 20.5 Å². The van der Waals surface area contributed by atoms with Gasteiger partial charge in [0.2, 0.25) is 0 Å². The Kier molecular flexibility index (Phi) is 6.70. The number of hydrogen-bond donors (Lipinski definition) is 0. The van der Waals surface area contributed by atoms with Crippen LogP contribution >= 0.6 is 24.0 Å². The molecule has 0 radical (unpaired) electrons. The predicted octanol–water partition coefficient (Wildman–Crippen LogP) is 5.02. The van der Waals surface area contributed by atoms with Crippen LogP contribution in [0, 0.1) is 5.82 Å². The molecule has 146 valence electrons. The third-order valence-corrected chi connectivity index (χ3v) is 5.42. The number of carbonyl (C=O) groups excluding carboxylic acids is 1. The number of thioether (sulfide) groups is 1. The fourth-order valence-corrected chi connectivity index (χ4v) is 4.10. The standard InChI is InChI=1S/C21H20FNO3S2/c1-3-23-20(24)19(28-21(23)27)12-14-8-9-17(18(11-14)25-4-2)26-13-15-6-5-7-16(22)10-15/h5-12H,3-4,13H2,1-2H3/b19-12-. The van der Waals surface area contributed by atoms with E-state index >= 15 is 0 Å². The monoisotopic (exact) mass is 417 g/mol.